The first-order valence-electron chi connectivity index (χ1n) is 9.02. The number of aromatic nitrogens is 1. The molecule has 1 amide bonds. The number of hydrazone groups is 1. The maximum atomic E-state index is 12.0. The molecule has 0 saturated heterocycles. The Morgan fingerprint density at radius 2 is 1.83 bits per heavy atom. The van der Waals surface area contributed by atoms with Crippen molar-refractivity contribution >= 4 is 23.7 Å². The van der Waals surface area contributed by atoms with Crippen LogP contribution in [0.4, 0.5) is 0 Å². The van der Waals surface area contributed by atoms with Gasteiger partial charge in [-0.1, -0.05) is 23.7 Å². The van der Waals surface area contributed by atoms with Crippen molar-refractivity contribution in [2.75, 3.05) is 13.7 Å². The summed E-state index contributed by atoms with van der Waals surface area (Å²) in [5, 5.41) is 4.71. The van der Waals surface area contributed by atoms with Crippen molar-refractivity contribution in [3.05, 3.63) is 76.6 Å². The lowest BCUT2D eigenvalue weighted by Crippen LogP contribution is -2.24. The maximum absolute atomic E-state index is 12.0. The standard InChI is InChI=1S/C22H22ClN3O3/c1-15-12-17(16(2)26(15)21-7-5-4-6-20(21)23)13-24-25-22(27)14-29-19-10-8-18(28-3)9-11-19/h4-13H,14H2,1-3H3,(H,25,27). The van der Waals surface area contributed by atoms with E-state index in [9.17, 15) is 4.79 Å². The van der Waals surface area contributed by atoms with E-state index in [0.717, 1.165) is 28.4 Å². The summed E-state index contributed by atoms with van der Waals surface area (Å²) in [7, 11) is 1.59. The third kappa shape index (κ3) is 4.97. The number of hydrogen-bond acceptors (Lipinski definition) is 4. The zero-order valence-electron chi connectivity index (χ0n) is 16.5. The fourth-order valence-electron chi connectivity index (χ4n) is 2.95. The SMILES string of the molecule is COc1ccc(OCC(=O)NN=Cc2cc(C)n(-c3ccccc3Cl)c2C)cc1. The molecule has 0 radical (unpaired) electrons. The third-order valence-electron chi connectivity index (χ3n) is 4.39. The van der Waals surface area contributed by atoms with Gasteiger partial charge < -0.3 is 14.0 Å². The second kappa shape index (κ2) is 9.30. The summed E-state index contributed by atoms with van der Waals surface area (Å²) in [5.74, 6) is 0.950. The van der Waals surface area contributed by atoms with Crippen LogP contribution in [-0.2, 0) is 4.79 Å². The zero-order valence-corrected chi connectivity index (χ0v) is 17.2. The fraction of sp³-hybridized carbons (Fsp3) is 0.182. The first kappa shape index (κ1) is 20.5. The number of carbonyl (C=O) groups is 1. The summed E-state index contributed by atoms with van der Waals surface area (Å²) in [4.78, 5) is 12.0. The molecule has 1 N–H and O–H groups in total. The van der Waals surface area contributed by atoms with E-state index in [0.29, 0.717) is 10.8 Å². The van der Waals surface area contributed by atoms with Crippen LogP contribution in [0, 0.1) is 13.8 Å². The number of halogens is 1. The summed E-state index contributed by atoms with van der Waals surface area (Å²) in [6, 6.07) is 16.6. The van der Waals surface area contributed by atoms with Crippen molar-refractivity contribution < 1.29 is 14.3 Å². The molecule has 2 aromatic carbocycles. The Bertz CT molecular complexity index is 1030. The van der Waals surface area contributed by atoms with Crippen LogP contribution in [0.25, 0.3) is 5.69 Å². The molecular formula is C22H22ClN3O3. The van der Waals surface area contributed by atoms with Gasteiger partial charge in [-0.2, -0.15) is 5.10 Å². The molecule has 1 heterocycles. The van der Waals surface area contributed by atoms with Crippen LogP contribution in [-0.4, -0.2) is 30.4 Å². The molecule has 7 heteroatoms. The van der Waals surface area contributed by atoms with Gasteiger partial charge in [0.2, 0.25) is 0 Å². The number of carbonyl (C=O) groups excluding carboxylic acids is 1. The number of ether oxygens (including phenoxy) is 2. The van der Waals surface area contributed by atoms with Crippen molar-refractivity contribution in [1.82, 2.24) is 9.99 Å². The first-order valence-corrected chi connectivity index (χ1v) is 9.40. The van der Waals surface area contributed by atoms with E-state index < -0.39 is 0 Å². The van der Waals surface area contributed by atoms with Gasteiger partial charge in [0, 0.05) is 17.0 Å². The van der Waals surface area contributed by atoms with Crippen LogP contribution in [0.15, 0.2) is 59.7 Å². The number of rotatable bonds is 7. The molecule has 0 spiro atoms. The summed E-state index contributed by atoms with van der Waals surface area (Å²) >= 11 is 6.33. The molecule has 150 valence electrons. The zero-order chi connectivity index (χ0) is 20.8. The number of amides is 1. The Kier molecular flexibility index (Phi) is 6.57. The number of para-hydroxylation sites is 1. The van der Waals surface area contributed by atoms with Crippen molar-refractivity contribution in [2.45, 2.75) is 13.8 Å². The Hall–Kier alpha value is -3.25. The minimum Gasteiger partial charge on any atom is -0.497 e. The summed E-state index contributed by atoms with van der Waals surface area (Å²) in [6.07, 6.45) is 1.61. The van der Waals surface area contributed by atoms with Crippen LogP contribution in [0.3, 0.4) is 0 Å². The molecule has 3 rings (SSSR count). The highest BCUT2D eigenvalue weighted by Gasteiger charge is 2.11. The lowest BCUT2D eigenvalue weighted by Gasteiger charge is -2.11. The summed E-state index contributed by atoms with van der Waals surface area (Å²) in [5.41, 5.74) is 6.26. The van der Waals surface area contributed by atoms with Crippen molar-refractivity contribution in [3.8, 4) is 17.2 Å². The van der Waals surface area contributed by atoms with E-state index in [1.165, 1.54) is 0 Å². The van der Waals surface area contributed by atoms with E-state index >= 15 is 0 Å². The average Bonchev–Trinajstić information content (AvgIpc) is 3.00. The molecule has 0 atom stereocenters. The van der Waals surface area contributed by atoms with Crippen molar-refractivity contribution in [2.24, 2.45) is 5.10 Å². The number of methoxy groups -OCH3 is 1. The quantitative estimate of drug-likeness (QED) is 0.466. The molecule has 0 fully saturated rings. The second-order valence-electron chi connectivity index (χ2n) is 6.37. The molecule has 0 unspecified atom stereocenters. The molecule has 6 nitrogen and oxygen atoms in total. The van der Waals surface area contributed by atoms with Gasteiger partial charge in [-0.25, -0.2) is 5.43 Å². The van der Waals surface area contributed by atoms with Gasteiger partial charge in [-0.15, -0.1) is 0 Å². The van der Waals surface area contributed by atoms with E-state index in [4.69, 9.17) is 21.1 Å². The number of aryl methyl sites for hydroxylation is 1. The number of nitrogens with one attached hydrogen (secondary N) is 1. The monoisotopic (exact) mass is 411 g/mol. The molecule has 0 aliphatic heterocycles. The number of hydrogen-bond donors (Lipinski definition) is 1. The highest BCUT2D eigenvalue weighted by atomic mass is 35.5. The normalized spacial score (nSPS) is 10.9. The number of nitrogens with zero attached hydrogens (tertiary/aromatic N) is 2. The largest absolute Gasteiger partial charge is 0.497 e. The fourth-order valence-corrected chi connectivity index (χ4v) is 3.17. The van der Waals surface area contributed by atoms with Gasteiger partial charge in [0.05, 0.1) is 24.0 Å². The Balaban J connectivity index is 1.61. The van der Waals surface area contributed by atoms with E-state index in [1.54, 1.807) is 37.6 Å². The highest BCUT2D eigenvalue weighted by molar-refractivity contribution is 6.32. The summed E-state index contributed by atoms with van der Waals surface area (Å²) < 4.78 is 12.6. The average molecular weight is 412 g/mol. The second-order valence-corrected chi connectivity index (χ2v) is 6.78. The Morgan fingerprint density at radius 1 is 1.14 bits per heavy atom. The van der Waals surface area contributed by atoms with Gasteiger partial charge in [0.15, 0.2) is 6.61 Å². The molecule has 29 heavy (non-hydrogen) atoms. The van der Waals surface area contributed by atoms with E-state index in [1.807, 2.05) is 44.2 Å². The Morgan fingerprint density at radius 3 is 2.52 bits per heavy atom. The molecular weight excluding hydrogens is 390 g/mol. The van der Waals surface area contributed by atoms with Crippen LogP contribution >= 0.6 is 11.6 Å². The van der Waals surface area contributed by atoms with Gasteiger partial charge >= 0.3 is 0 Å². The number of benzene rings is 2. The molecule has 0 aliphatic carbocycles. The van der Waals surface area contributed by atoms with E-state index in [-0.39, 0.29) is 12.5 Å². The predicted molar refractivity (Wildman–Crippen MR) is 114 cm³/mol. The van der Waals surface area contributed by atoms with Gasteiger partial charge in [0.25, 0.3) is 5.91 Å². The van der Waals surface area contributed by atoms with Crippen molar-refractivity contribution in [3.63, 3.8) is 0 Å². The highest BCUT2D eigenvalue weighted by Crippen LogP contribution is 2.25. The topological polar surface area (TPSA) is 64.8 Å². The first-order chi connectivity index (χ1) is 14.0. The lowest BCUT2D eigenvalue weighted by molar-refractivity contribution is -0.123. The third-order valence-corrected chi connectivity index (χ3v) is 4.71. The van der Waals surface area contributed by atoms with Crippen LogP contribution in [0.1, 0.15) is 17.0 Å². The molecule has 0 saturated carbocycles. The maximum Gasteiger partial charge on any atom is 0.277 e. The van der Waals surface area contributed by atoms with E-state index in [2.05, 4.69) is 15.1 Å². The molecule has 0 bridgehead atoms. The van der Waals surface area contributed by atoms with Crippen LogP contribution < -0.4 is 14.9 Å². The molecule has 1 aromatic heterocycles. The van der Waals surface area contributed by atoms with Gasteiger partial charge in [-0.05, 0) is 56.3 Å². The Labute approximate surface area is 174 Å². The lowest BCUT2D eigenvalue weighted by atomic mass is 10.2. The molecule has 3 aromatic rings. The van der Waals surface area contributed by atoms with Gasteiger partial charge in [-0.3, -0.25) is 4.79 Å². The van der Waals surface area contributed by atoms with Crippen LogP contribution in [0.5, 0.6) is 11.5 Å². The van der Waals surface area contributed by atoms with Gasteiger partial charge in [0.1, 0.15) is 11.5 Å². The summed E-state index contributed by atoms with van der Waals surface area (Å²) in [6.45, 7) is 3.84. The van der Waals surface area contributed by atoms with Crippen LogP contribution in [0.2, 0.25) is 5.02 Å². The van der Waals surface area contributed by atoms with Crippen molar-refractivity contribution in [1.29, 1.82) is 0 Å². The smallest absolute Gasteiger partial charge is 0.277 e. The minimum atomic E-state index is -0.350. The predicted octanol–water partition coefficient (Wildman–Crippen LogP) is 4.29. The molecule has 0 aliphatic rings. The minimum absolute atomic E-state index is 0.137.